The van der Waals surface area contributed by atoms with Gasteiger partial charge in [-0.15, -0.1) is 0 Å². The van der Waals surface area contributed by atoms with E-state index in [1.54, 1.807) is 19.1 Å². The van der Waals surface area contributed by atoms with Gasteiger partial charge in [0.25, 0.3) is 15.9 Å². The van der Waals surface area contributed by atoms with Crippen molar-refractivity contribution in [1.29, 1.82) is 0 Å². The third-order valence-corrected chi connectivity index (χ3v) is 7.90. The van der Waals surface area contributed by atoms with E-state index >= 15 is 0 Å². The van der Waals surface area contributed by atoms with Crippen LogP contribution in [0.4, 0.5) is 0 Å². The number of hydrogen-bond donors (Lipinski definition) is 1. The van der Waals surface area contributed by atoms with Crippen LogP contribution in [0.5, 0.6) is 0 Å². The summed E-state index contributed by atoms with van der Waals surface area (Å²) >= 11 is 0. The number of aryl methyl sites for hydroxylation is 1. The van der Waals surface area contributed by atoms with Crippen LogP contribution in [0.2, 0.25) is 0 Å². The second kappa shape index (κ2) is 9.43. The van der Waals surface area contributed by atoms with E-state index in [0.717, 1.165) is 16.7 Å². The number of carbonyl (C=O) groups excluding carboxylic acids is 2. The number of nitrogens with zero attached hydrogens (tertiary/aromatic N) is 1. The summed E-state index contributed by atoms with van der Waals surface area (Å²) in [5.41, 5.74) is 1.72. The van der Waals surface area contributed by atoms with Crippen LogP contribution >= 0.6 is 0 Å². The van der Waals surface area contributed by atoms with Crippen LogP contribution in [0.15, 0.2) is 89.8 Å². The number of carbonyl (C=O) groups is 2. The lowest BCUT2D eigenvalue weighted by Crippen LogP contribution is -2.67. The largest absolute Gasteiger partial charge is 0.328 e. The van der Waals surface area contributed by atoms with Gasteiger partial charge in [0.2, 0.25) is 5.91 Å². The minimum atomic E-state index is -4.03. The molecule has 1 atom stereocenters. The number of benzene rings is 3. The van der Waals surface area contributed by atoms with Crippen LogP contribution in [0, 0.1) is 6.92 Å². The molecule has 0 spiro atoms. The van der Waals surface area contributed by atoms with Crippen LogP contribution in [-0.4, -0.2) is 37.2 Å². The Bertz CT molecular complexity index is 1240. The molecule has 1 heterocycles. The van der Waals surface area contributed by atoms with E-state index in [9.17, 15) is 18.0 Å². The lowest BCUT2D eigenvalue weighted by atomic mass is 9.83. The number of amides is 2. The Balaban J connectivity index is 1.52. The molecule has 1 aliphatic rings. The first-order valence-corrected chi connectivity index (χ1v) is 12.7. The lowest BCUT2D eigenvalue weighted by Gasteiger charge is -2.49. The van der Waals surface area contributed by atoms with Crippen molar-refractivity contribution in [2.24, 2.45) is 0 Å². The molecular formula is C27H28N2O4S. The Morgan fingerprint density at radius 1 is 0.912 bits per heavy atom. The molecule has 0 aromatic heterocycles. The Hall–Kier alpha value is -3.45. The van der Waals surface area contributed by atoms with E-state index in [0.29, 0.717) is 13.0 Å². The number of nitrogens with one attached hydrogen (secondary N) is 1. The van der Waals surface area contributed by atoms with Gasteiger partial charge in [0.05, 0.1) is 4.90 Å². The highest BCUT2D eigenvalue weighted by atomic mass is 32.2. The highest BCUT2D eigenvalue weighted by Gasteiger charge is 2.50. The van der Waals surface area contributed by atoms with Crippen molar-refractivity contribution in [2.75, 3.05) is 6.54 Å². The zero-order valence-corrected chi connectivity index (χ0v) is 20.1. The van der Waals surface area contributed by atoms with Gasteiger partial charge in [0.15, 0.2) is 0 Å². The van der Waals surface area contributed by atoms with Gasteiger partial charge in [-0.05, 0) is 43.5 Å². The predicted octanol–water partition coefficient (Wildman–Crippen LogP) is 4.01. The summed E-state index contributed by atoms with van der Waals surface area (Å²) < 4.78 is 27.6. The maximum Gasteiger partial charge on any atom is 0.264 e. The summed E-state index contributed by atoms with van der Waals surface area (Å²) in [4.78, 5) is 27.9. The molecule has 1 unspecified atom stereocenters. The molecule has 4 rings (SSSR count). The first kappa shape index (κ1) is 23.7. The van der Waals surface area contributed by atoms with Gasteiger partial charge in [0.1, 0.15) is 5.54 Å². The molecule has 176 valence electrons. The van der Waals surface area contributed by atoms with Crippen molar-refractivity contribution >= 4 is 21.8 Å². The SMILES string of the molecule is Cc1ccc(S(=O)(=O)NC(=O)C2(C)CCN2C(=O)CC(c2ccccc2)c2ccccc2)cc1. The average Bonchev–Trinajstić information content (AvgIpc) is 2.82. The molecule has 34 heavy (non-hydrogen) atoms. The normalized spacial score (nSPS) is 17.8. The molecule has 1 saturated heterocycles. The van der Waals surface area contributed by atoms with Gasteiger partial charge in [-0.2, -0.15) is 0 Å². The van der Waals surface area contributed by atoms with E-state index < -0.39 is 21.5 Å². The third kappa shape index (κ3) is 4.75. The molecular weight excluding hydrogens is 448 g/mol. The fraction of sp³-hybridized carbons (Fsp3) is 0.259. The maximum absolute atomic E-state index is 13.4. The molecule has 1 aliphatic heterocycles. The van der Waals surface area contributed by atoms with E-state index in [4.69, 9.17) is 0 Å². The van der Waals surface area contributed by atoms with Crippen molar-refractivity contribution in [3.05, 3.63) is 102 Å². The molecule has 0 aliphatic carbocycles. The van der Waals surface area contributed by atoms with Crippen molar-refractivity contribution < 1.29 is 18.0 Å². The van der Waals surface area contributed by atoms with Crippen molar-refractivity contribution in [3.8, 4) is 0 Å². The minimum absolute atomic E-state index is 0.0143. The topological polar surface area (TPSA) is 83.6 Å². The van der Waals surface area contributed by atoms with E-state index in [-0.39, 0.29) is 23.1 Å². The Kier molecular flexibility index (Phi) is 6.57. The number of rotatable bonds is 7. The van der Waals surface area contributed by atoms with Crippen LogP contribution < -0.4 is 4.72 Å². The van der Waals surface area contributed by atoms with Gasteiger partial charge >= 0.3 is 0 Å². The lowest BCUT2D eigenvalue weighted by molar-refractivity contribution is -0.156. The third-order valence-electron chi connectivity index (χ3n) is 6.55. The second-order valence-electron chi connectivity index (χ2n) is 8.89. The van der Waals surface area contributed by atoms with Crippen LogP contribution in [-0.2, 0) is 19.6 Å². The molecule has 7 heteroatoms. The molecule has 3 aromatic rings. The fourth-order valence-corrected chi connectivity index (χ4v) is 5.36. The summed E-state index contributed by atoms with van der Waals surface area (Å²) in [6.45, 7) is 3.88. The first-order valence-electron chi connectivity index (χ1n) is 11.2. The molecule has 6 nitrogen and oxygen atoms in total. The number of sulfonamides is 1. The molecule has 2 amide bonds. The standard InChI is InChI=1S/C27H28N2O4S/c1-20-13-15-23(16-14-20)34(32,33)28-26(31)27(2)17-18-29(27)25(30)19-24(21-9-5-3-6-10-21)22-11-7-4-8-12-22/h3-16,24H,17-19H2,1-2H3,(H,28,31). The Morgan fingerprint density at radius 2 is 1.44 bits per heavy atom. The minimum Gasteiger partial charge on any atom is -0.328 e. The van der Waals surface area contributed by atoms with Gasteiger partial charge in [-0.25, -0.2) is 13.1 Å². The summed E-state index contributed by atoms with van der Waals surface area (Å²) in [6.07, 6.45) is 0.580. The Morgan fingerprint density at radius 3 is 1.91 bits per heavy atom. The molecule has 3 aromatic carbocycles. The van der Waals surface area contributed by atoms with Gasteiger partial charge in [-0.1, -0.05) is 78.4 Å². The average molecular weight is 477 g/mol. The quantitative estimate of drug-likeness (QED) is 0.558. The second-order valence-corrected chi connectivity index (χ2v) is 10.6. The summed E-state index contributed by atoms with van der Waals surface area (Å²) in [7, 11) is -4.03. The fourth-order valence-electron chi connectivity index (χ4n) is 4.29. The zero-order chi connectivity index (χ0) is 24.3. The Labute approximate surface area is 200 Å². The van der Waals surface area contributed by atoms with E-state index in [2.05, 4.69) is 4.72 Å². The van der Waals surface area contributed by atoms with E-state index in [1.807, 2.05) is 67.6 Å². The smallest absolute Gasteiger partial charge is 0.264 e. The molecule has 0 bridgehead atoms. The summed E-state index contributed by atoms with van der Waals surface area (Å²) in [5, 5.41) is 0. The number of likely N-dealkylation sites (tertiary alicyclic amines) is 1. The first-order chi connectivity index (χ1) is 16.2. The molecule has 1 N–H and O–H groups in total. The van der Waals surface area contributed by atoms with Crippen molar-refractivity contribution in [2.45, 2.75) is 43.0 Å². The molecule has 0 radical (unpaired) electrons. The van der Waals surface area contributed by atoms with Gasteiger partial charge in [-0.3, -0.25) is 9.59 Å². The summed E-state index contributed by atoms with van der Waals surface area (Å²) in [5.74, 6) is -1.04. The van der Waals surface area contributed by atoms with E-state index in [1.165, 1.54) is 17.0 Å². The van der Waals surface area contributed by atoms with Crippen molar-refractivity contribution in [1.82, 2.24) is 9.62 Å². The van der Waals surface area contributed by atoms with Gasteiger partial charge < -0.3 is 4.90 Å². The van der Waals surface area contributed by atoms with Crippen LogP contribution in [0.1, 0.15) is 42.4 Å². The zero-order valence-electron chi connectivity index (χ0n) is 19.3. The monoisotopic (exact) mass is 476 g/mol. The van der Waals surface area contributed by atoms with Crippen LogP contribution in [0.25, 0.3) is 0 Å². The highest BCUT2D eigenvalue weighted by Crippen LogP contribution is 2.35. The van der Waals surface area contributed by atoms with Gasteiger partial charge in [0, 0.05) is 18.9 Å². The maximum atomic E-state index is 13.4. The highest BCUT2D eigenvalue weighted by molar-refractivity contribution is 7.90. The predicted molar refractivity (Wildman–Crippen MR) is 131 cm³/mol. The number of hydrogen-bond acceptors (Lipinski definition) is 4. The molecule has 1 fully saturated rings. The van der Waals surface area contributed by atoms with Crippen LogP contribution in [0.3, 0.4) is 0 Å². The molecule has 0 saturated carbocycles. The summed E-state index contributed by atoms with van der Waals surface area (Å²) in [6, 6.07) is 25.8. The van der Waals surface area contributed by atoms with Crippen molar-refractivity contribution in [3.63, 3.8) is 0 Å².